The first kappa shape index (κ1) is 31.5. The van der Waals surface area contributed by atoms with Crippen molar-refractivity contribution in [3.63, 3.8) is 0 Å². The summed E-state index contributed by atoms with van der Waals surface area (Å²) in [4.78, 5) is 60.4. The molecule has 0 radical (unpaired) electrons. The number of nitrogens with zero attached hydrogens (tertiary/aromatic N) is 1. The molecule has 1 aliphatic carbocycles. The van der Waals surface area contributed by atoms with E-state index >= 15 is 0 Å². The fraction of sp³-hybridized carbons (Fsp3) is 0.560. The summed E-state index contributed by atoms with van der Waals surface area (Å²) in [5.74, 6) is -4.25. The van der Waals surface area contributed by atoms with E-state index in [1.807, 2.05) is 24.3 Å². The van der Waals surface area contributed by atoms with Gasteiger partial charge in [-0.3, -0.25) is 19.2 Å². The smallest absolute Gasteiger partial charge is 0.475 e. The van der Waals surface area contributed by atoms with E-state index in [9.17, 15) is 32.3 Å². The third-order valence-electron chi connectivity index (χ3n) is 6.49. The Morgan fingerprint density at radius 2 is 1.82 bits per heavy atom. The number of nitrogens with two attached hydrogens (primary N) is 1. The van der Waals surface area contributed by atoms with Gasteiger partial charge in [-0.2, -0.15) is 13.2 Å². The third kappa shape index (κ3) is 9.23. The fourth-order valence-electron chi connectivity index (χ4n) is 4.50. The number of benzene rings is 1. The monoisotopic (exact) mass is 558 g/mol. The molecule has 216 valence electrons. The molecule has 0 bridgehead atoms. The number of amides is 3. The number of ether oxygens (including phenoxy) is 1. The number of methoxy groups -OCH3 is 1. The Bertz CT molecular complexity index is 1050. The molecular weight excluding hydrogens is 525 g/mol. The molecule has 3 atom stereocenters. The Balaban J connectivity index is 0.000000673. The van der Waals surface area contributed by atoms with Crippen LogP contribution in [0.2, 0.25) is 0 Å². The van der Waals surface area contributed by atoms with Crippen LogP contribution in [0.4, 0.5) is 13.2 Å². The average molecular weight is 559 g/mol. The van der Waals surface area contributed by atoms with Crippen LogP contribution in [0.15, 0.2) is 24.3 Å². The molecule has 3 amide bonds. The third-order valence-corrected chi connectivity index (χ3v) is 6.49. The maximum Gasteiger partial charge on any atom is 0.490 e. The van der Waals surface area contributed by atoms with Gasteiger partial charge in [0.25, 0.3) is 0 Å². The lowest BCUT2D eigenvalue weighted by molar-refractivity contribution is -0.192. The molecular formula is C25H33F3N4O7. The molecule has 1 saturated heterocycles. The number of aryl methyl sites for hydroxylation is 1. The molecule has 14 heteroatoms. The van der Waals surface area contributed by atoms with Crippen molar-refractivity contribution in [2.24, 2.45) is 5.73 Å². The van der Waals surface area contributed by atoms with Crippen molar-refractivity contribution >= 4 is 29.7 Å². The number of hydrogen-bond donors (Lipinski definition) is 4. The highest BCUT2D eigenvalue weighted by atomic mass is 19.4. The van der Waals surface area contributed by atoms with Gasteiger partial charge in [0.1, 0.15) is 12.1 Å². The summed E-state index contributed by atoms with van der Waals surface area (Å²) in [7, 11) is 1.28. The molecule has 39 heavy (non-hydrogen) atoms. The maximum atomic E-state index is 13.1. The van der Waals surface area contributed by atoms with Crippen LogP contribution in [0.25, 0.3) is 0 Å². The van der Waals surface area contributed by atoms with E-state index in [0.29, 0.717) is 13.0 Å². The van der Waals surface area contributed by atoms with Gasteiger partial charge in [-0.25, -0.2) is 4.79 Å². The van der Waals surface area contributed by atoms with E-state index in [1.165, 1.54) is 17.6 Å². The van der Waals surface area contributed by atoms with Gasteiger partial charge >= 0.3 is 18.1 Å². The van der Waals surface area contributed by atoms with Crippen LogP contribution in [-0.2, 0) is 35.1 Å². The number of carboxylic acids is 1. The summed E-state index contributed by atoms with van der Waals surface area (Å²) < 4.78 is 36.4. The topological polar surface area (TPSA) is 168 Å². The highest BCUT2D eigenvalue weighted by Crippen LogP contribution is 2.30. The molecule has 1 fully saturated rings. The zero-order chi connectivity index (χ0) is 29.2. The number of alkyl halides is 3. The number of carbonyl (C=O) groups is 5. The quantitative estimate of drug-likeness (QED) is 0.345. The molecule has 1 aromatic carbocycles. The first-order chi connectivity index (χ1) is 18.4. The average Bonchev–Trinajstić information content (AvgIpc) is 3.32. The SMILES string of the molecule is COC(=O)CC[C@H](NC(=O)[C@@H]1CCCCN1C(=O)CN)C(=O)N[C@@H]1CCc2ccccc21.O=C(O)C(F)(F)F. The van der Waals surface area contributed by atoms with Gasteiger partial charge in [-0.05, 0) is 49.7 Å². The number of halogens is 3. The van der Waals surface area contributed by atoms with Gasteiger partial charge in [0.05, 0.1) is 19.7 Å². The van der Waals surface area contributed by atoms with Crippen molar-refractivity contribution < 1.29 is 47.0 Å². The van der Waals surface area contributed by atoms with Crippen LogP contribution in [0.5, 0.6) is 0 Å². The molecule has 0 saturated carbocycles. The molecule has 0 aromatic heterocycles. The Morgan fingerprint density at radius 3 is 2.44 bits per heavy atom. The molecule has 1 aliphatic heterocycles. The van der Waals surface area contributed by atoms with Crippen molar-refractivity contribution in [3.8, 4) is 0 Å². The van der Waals surface area contributed by atoms with E-state index in [0.717, 1.165) is 31.2 Å². The van der Waals surface area contributed by atoms with Gasteiger partial charge in [0.2, 0.25) is 17.7 Å². The van der Waals surface area contributed by atoms with Gasteiger partial charge in [-0.15, -0.1) is 0 Å². The lowest BCUT2D eigenvalue weighted by Crippen LogP contribution is -2.57. The number of rotatable bonds is 8. The number of aliphatic carboxylic acids is 1. The Hall–Kier alpha value is -3.68. The first-order valence-corrected chi connectivity index (χ1v) is 12.4. The van der Waals surface area contributed by atoms with Crippen molar-refractivity contribution in [2.75, 3.05) is 20.2 Å². The summed E-state index contributed by atoms with van der Waals surface area (Å²) in [6.45, 7) is 0.295. The number of carboxylic acid groups (broad SMARTS) is 1. The number of likely N-dealkylation sites (tertiary alicyclic amines) is 1. The molecule has 11 nitrogen and oxygen atoms in total. The zero-order valence-electron chi connectivity index (χ0n) is 21.5. The summed E-state index contributed by atoms with van der Waals surface area (Å²) >= 11 is 0. The minimum atomic E-state index is -5.08. The second-order valence-corrected chi connectivity index (χ2v) is 9.08. The van der Waals surface area contributed by atoms with E-state index in [-0.39, 0.29) is 37.2 Å². The number of piperidine rings is 1. The van der Waals surface area contributed by atoms with Crippen molar-refractivity contribution in [3.05, 3.63) is 35.4 Å². The fourth-order valence-corrected chi connectivity index (χ4v) is 4.50. The normalized spacial score (nSPS) is 19.1. The number of esters is 1. The van der Waals surface area contributed by atoms with Gasteiger partial charge in [0, 0.05) is 13.0 Å². The molecule has 5 N–H and O–H groups in total. The van der Waals surface area contributed by atoms with Crippen LogP contribution in [0, 0.1) is 0 Å². The molecule has 1 heterocycles. The minimum Gasteiger partial charge on any atom is -0.475 e. The maximum absolute atomic E-state index is 13.1. The van der Waals surface area contributed by atoms with Crippen molar-refractivity contribution in [1.82, 2.24) is 15.5 Å². The largest absolute Gasteiger partial charge is 0.490 e. The Labute approximate surface area is 223 Å². The predicted octanol–water partition coefficient (Wildman–Crippen LogP) is 1.20. The summed E-state index contributed by atoms with van der Waals surface area (Å²) in [5.41, 5.74) is 7.78. The van der Waals surface area contributed by atoms with Crippen LogP contribution in [0.1, 0.15) is 55.7 Å². The van der Waals surface area contributed by atoms with Crippen molar-refractivity contribution in [1.29, 1.82) is 0 Å². The van der Waals surface area contributed by atoms with Crippen LogP contribution in [-0.4, -0.2) is 78.1 Å². The van der Waals surface area contributed by atoms with E-state index in [2.05, 4.69) is 10.6 Å². The Kier molecular flexibility index (Phi) is 11.7. The van der Waals surface area contributed by atoms with E-state index in [1.54, 1.807) is 0 Å². The molecule has 2 aliphatic rings. The molecule has 3 rings (SSSR count). The van der Waals surface area contributed by atoms with Crippen LogP contribution >= 0.6 is 0 Å². The second-order valence-electron chi connectivity index (χ2n) is 9.08. The van der Waals surface area contributed by atoms with E-state index in [4.69, 9.17) is 20.4 Å². The summed E-state index contributed by atoms with van der Waals surface area (Å²) in [6.07, 6.45) is -1.20. The second kappa shape index (κ2) is 14.5. The molecule has 0 unspecified atom stereocenters. The highest BCUT2D eigenvalue weighted by Gasteiger charge is 2.38. The highest BCUT2D eigenvalue weighted by molar-refractivity contribution is 5.93. The standard InChI is InChI=1S/C23H32N4O5.C2HF3O2/c1-32-21(29)12-11-18(22(30)25-17-10-9-15-6-2-3-7-16(15)17)26-23(31)19-8-4-5-13-27(19)20(28)14-24;3-2(4,5)1(6)7/h2-3,6-7,17-19H,4-5,8-14,24H2,1H3,(H,25,30)(H,26,31);(H,6,7)/t17-,18+,19+;/m1./s1. The van der Waals surface area contributed by atoms with Crippen LogP contribution in [0.3, 0.4) is 0 Å². The zero-order valence-corrected chi connectivity index (χ0v) is 21.5. The number of nitrogens with one attached hydrogen (secondary N) is 2. The lowest BCUT2D eigenvalue weighted by Gasteiger charge is -2.35. The Morgan fingerprint density at radius 1 is 1.15 bits per heavy atom. The van der Waals surface area contributed by atoms with Crippen LogP contribution < -0.4 is 16.4 Å². The summed E-state index contributed by atoms with van der Waals surface area (Å²) in [5, 5.41) is 12.9. The van der Waals surface area contributed by atoms with Crippen molar-refractivity contribution in [2.45, 2.75) is 69.2 Å². The van der Waals surface area contributed by atoms with Gasteiger partial charge < -0.3 is 31.1 Å². The van der Waals surface area contributed by atoms with Gasteiger partial charge in [0.15, 0.2) is 0 Å². The summed E-state index contributed by atoms with van der Waals surface area (Å²) in [6, 6.07) is 6.23. The predicted molar refractivity (Wildman–Crippen MR) is 131 cm³/mol. The minimum absolute atomic E-state index is 0.00771. The molecule has 0 spiro atoms. The van der Waals surface area contributed by atoms with E-state index < -0.39 is 36.1 Å². The number of carbonyl (C=O) groups excluding carboxylic acids is 4. The lowest BCUT2D eigenvalue weighted by atomic mass is 10.00. The molecule has 1 aromatic rings. The van der Waals surface area contributed by atoms with Gasteiger partial charge in [-0.1, -0.05) is 24.3 Å². The first-order valence-electron chi connectivity index (χ1n) is 12.4. The number of fused-ring (bicyclic) bond motifs is 1. The number of hydrogen-bond acceptors (Lipinski definition) is 7.